The number of nitrogens with zero attached hydrogens (tertiary/aromatic N) is 5. The molecule has 34 heavy (non-hydrogen) atoms. The van der Waals surface area contributed by atoms with Gasteiger partial charge in [0.05, 0.1) is 27.3 Å². The van der Waals surface area contributed by atoms with Gasteiger partial charge in [-0.05, 0) is 30.3 Å². The zero-order chi connectivity index (χ0) is 23.9. The molecular weight excluding hydrogens is 469 g/mol. The summed E-state index contributed by atoms with van der Waals surface area (Å²) >= 11 is 6.27. The molecule has 0 spiro atoms. The van der Waals surface area contributed by atoms with Crippen LogP contribution in [0.1, 0.15) is 11.6 Å². The van der Waals surface area contributed by atoms with Crippen molar-refractivity contribution in [1.29, 1.82) is 0 Å². The molecule has 0 amide bonds. The number of hydrogen-bond acceptors (Lipinski definition) is 6. The van der Waals surface area contributed by atoms with Gasteiger partial charge in [-0.1, -0.05) is 23.7 Å². The summed E-state index contributed by atoms with van der Waals surface area (Å²) in [5.41, 5.74) is 0.869. The Morgan fingerprint density at radius 2 is 1.85 bits per heavy atom. The molecule has 1 unspecified atom stereocenters. The van der Waals surface area contributed by atoms with E-state index in [1.54, 1.807) is 30.3 Å². The third-order valence-electron chi connectivity index (χ3n) is 5.19. The summed E-state index contributed by atoms with van der Waals surface area (Å²) in [5, 5.41) is 15.1. The number of anilines is 1. The van der Waals surface area contributed by atoms with Crippen LogP contribution in [0.4, 0.5) is 19.0 Å². The average molecular weight is 483 g/mol. The highest BCUT2D eigenvalue weighted by Gasteiger charge is 2.43. The topological polar surface area (TPSA) is 90.5 Å². The van der Waals surface area contributed by atoms with E-state index < -0.39 is 12.2 Å². The van der Waals surface area contributed by atoms with Crippen molar-refractivity contribution in [1.82, 2.24) is 19.9 Å². The number of aromatic nitrogens is 5. The molecule has 0 aliphatic rings. The Kier molecular flexibility index (Phi) is 5.37. The lowest BCUT2D eigenvalue weighted by molar-refractivity contribution is -0.604. The van der Waals surface area contributed by atoms with Gasteiger partial charge in [0.15, 0.2) is 24.3 Å². The smallest absolute Gasteiger partial charge is 0.412 e. The highest BCUT2D eigenvalue weighted by Crippen LogP contribution is 2.41. The largest absolute Gasteiger partial charge is 0.619 e. The van der Waals surface area contributed by atoms with E-state index in [0.717, 1.165) is 12.5 Å². The molecule has 1 atom stereocenters. The van der Waals surface area contributed by atoms with Crippen molar-refractivity contribution in [3.8, 4) is 11.3 Å². The maximum absolute atomic E-state index is 14.5. The summed E-state index contributed by atoms with van der Waals surface area (Å²) in [6.45, 7) is 0. The van der Waals surface area contributed by atoms with Gasteiger partial charge in [-0.15, -0.1) is 0 Å². The maximum atomic E-state index is 14.5. The lowest BCUT2D eigenvalue weighted by Gasteiger charge is -2.25. The third-order valence-corrected chi connectivity index (χ3v) is 5.49. The number of nitrogens with one attached hydrogen (secondary N) is 1. The molecule has 0 bridgehead atoms. The van der Waals surface area contributed by atoms with E-state index in [2.05, 4.69) is 25.3 Å². The number of benzene rings is 1. The molecule has 5 rings (SSSR count). The summed E-state index contributed by atoms with van der Waals surface area (Å²) in [5.74, 6) is -0.0861. The Morgan fingerprint density at radius 3 is 2.65 bits per heavy atom. The van der Waals surface area contributed by atoms with Crippen LogP contribution in [0.25, 0.3) is 33.2 Å². The summed E-state index contributed by atoms with van der Waals surface area (Å²) in [4.78, 5) is 16.6. The first kappa shape index (κ1) is 21.8. The predicted octanol–water partition coefficient (Wildman–Crippen LogP) is 5.24. The summed E-state index contributed by atoms with van der Waals surface area (Å²) in [6.07, 6.45) is 0.244. The fourth-order valence-electron chi connectivity index (χ4n) is 3.70. The molecular formula is C23H14ClF3N6O. The van der Waals surface area contributed by atoms with Gasteiger partial charge in [-0.2, -0.15) is 17.9 Å². The fourth-order valence-corrected chi connectivity index (χ4v) is 3.92. The molecule has 4 heterocycles. The average Bonchev–Trinajstić information content (AvgIpc) is 2.81. The second-order valence-electron chi connectivity index (χ2n) is 7.40. The van der Waals surface area contributed by atoms with Crippen molar-refractivity contribution in [2.24, 2.45) is 0 Å². The second-order valence-corrected chi connectivity index (χ2v) is 7.81. The SMILES string of the molecule is [O-][n+]1cccc(-c2nc3c(Cl)cccc3cc2C(Nc2ncnc3cccnc23)C(F)(F)F)c1. The van der Waals surface area contributed by atoms with Gasteiger partial charge in [0.25, 0.3) is 0 Å². The number of fused-ring (bicyclic) bond motifs is 2. The van der Waals surface area contributed by atoms with Gasteiger partial charge in [0.2, 0.25) is 0 Å². The minimum absolute atomic E-state index is 0.0352. The third kappa shape index (κ3) is 4.03. The molecule has 11 heteroatoms. The zero-order valence-electron chi connectivity index (χ0n) is 17.2. The molecule has 4 aromatic heterocycles. The highest BCUT2D eigenvalue weighted by atomic mass is 35.5. The van der Waals surface area contributed by atoms with Crippen LogP contribution in [0.2, 0.25) is 5.02 Å². The molecule has 170 valence electrons. The first-order valence-electron chi connectivity index (χ1n) is 9.98. The van der Waals surface area contributed by atoms with Gasteiger partial charge in [-0.3, -0.25) is 4.98 Å². The molecule has 7 nitrogen and oxygen atoms in total. The van der Waals surface area contributed by atoms with Crippen LogP contribution in [0.15, 0.2) is 73.4 Å². The van der Waals surface area contributed by atoms with Crippen molar-refractivity contribution in [3.63, 3.8) is 0 Å². The van der Waals surface area contributed by atoms with E-state index >= 15 is 0 Å². The van der Waals surface area contributed by atoms with Crippen LogP contribution in [-0.2, 0) is 0 Å². The number of para-hydroxylation sites is 1. The molecule has 0 saturated heterocycles. The minimum Gasteiger partial charge on any atom is -0.619 e. The van der Waals surface area contributed by atoms with Crippen LogP contribution in [0, 0.1) is 5.21 Å². The number of rotatable bonds is 4. The van der Waals surface area contributed by atoms with E-state index in [4.69, 9.17) is 11.6 Å². The Balaban J connectivity index is 1.75. The van der Waals surface area contributed by atoms with Crippen molar-refractivity contribution in [3.05, 3.63) is 89.2 Å². The summed E-state index contributed by atoms with van der Waals surface area (Å²) in [7, 11) is 0. The lowest BCUT2D eigenvalue weighted by Crippen LogP contribution is -2.30. The first-order valence-corrected chi connectivity index (χ1v) is 10.4. The van der Waals surface area contributed by atoms with Crippen LogP contribution >= 0.6 is 11.6 Å². The standard InChI is InChI=1S/C23H14ClF3N6O/c24-16-6-1-4-13-10-15(18(31-19(13)16)14-5-3-9-33(34)11-14)21(23(25,26)27)32-22-20-17(29-12-30-22)7-2-8-28-20/h1-12,21H,(H,29,30,32). The summed E-state index contributed by atoms with van der Waals surface area (Å²) in [6, 6.07) is 10.2. The molecule has 0 saturated carbocycles. The monoisotopic (exact) mass is 482 g/mol. The van der Waals surface area contributed by atoms with Gasteiger partial charge in [-0.25, -0.2) is 15.0 Å². The molecule has 0 aliphatic heterocycles. The Labute approximate surface area is 195 Å². The van der Waals surface area contributed by atoms with Gasteiger partial charge < -0.3 is 10.5 Å². The second kappa shape index (κ2) is 8.38. The van der Waals surface area contributed by atoms with Crippen LogP contribution < -0.4 is 10.0 Å². The van der Waals surface area contributed by atoms with Crippen molar-refractivity contribution in [2.75, 3.05) is 5.32 Å². The van der Waals surface area contributed by atoms with E-state index in [1.165, 1.54) is 30.6 Å². The van der Waals surface area contributed by atoms with E-state index in [1.807, 2.05) is 0 Å². The maximum Gasteiger partial charge on any atom is 0.412 e. The molecule has 1 aromatic carbocycles. The molecule has 1 N–H and O–H groups in total. The number of hydrogen-bond donors (Lipinski definition) is 1. The van der Waals surface area contributed by atoms with Crippen molar-refractivity contribution in [2.45, 2.75) is 12.2 Å². The quantitative estimate of drug-likeness (QED) is 0.278. The summed E-state index contributed by atoms with van der Waals surface area (Å²) < 4.78 is 44.0. The normalized spacial score (nSPS) is 12.7. The van der Waals surface area contributed by atoms with Crippen LogP contribution in [0.5, 0.6) is 0 Å². The van der Waals surface area contributed by atoms with E-state index in [0.29, 0.717) is 21.2 Å². The van der Waals surface area contributed by atoms with Crippen LogP contribution in [-0.4, -0.2) is 26.1 Å². The van der Waals surface area contributed by atoms with Crippen molar-refractivity contribution < 1.29 is 17.9 Å². The van der Waals surface area contributed by atoms with Gasteiger partial charge in [0, 0.05) is 23.2 Å². The Bertz CT molecular complexity index is 1520. The molecule has 0 fully saturated rings. The molecule has 0 radical (unpaired) electrons. The highest BCUT2D eigenvalue weighted by molar-refractivity contribution is 6.35. The fraction of sp³-hybridized carbons (Fsp3) is 0.0870. The Morgan fingerprint density at radius 1 is 1.00 bits per heavy atom. The number of halogens is 4. The number of pyridine rings is 3. The lowest BCUT2D eigenvalue weighted by atomic mass is 9.98. The Hall–Kier alpha value is -4.05. The minimum atomic E-state index is -4.75. The van der Waals surface area contributed by atoms with Crippen LogP contribution in [0.3, 0.4) is 0 Å². The van der Waals surface area contributed by atoms with E-state index in [9.17, 15) is 18.4 Å². The molecule has 5 aromatic rings. The van der Waals surface area contributed by atoms with Gasteiger partial charge in [0.1, 0.15) is 11.8 Å². The van der Waals surface area contributed by atoms with Gasteiger partial charge >= 0.3 is 6.18 Å². The number of alkyl halides is 3. The molecule has 0 aliphatic carbocycles. The first-order chi connectivity index (χ1) is 16.3. The zero-order valence-corrected chi connectivity index (χ0v) is 17.9. The van der Waals surface area contributed by atoms with E-state index in [-0.39, 0.29) is 33.2 Å². The van der Waals surface area contributed by atoms with Crippen molar-refractivity contribution >= 4 is 39.4 Å². The predicted molar refractivity (Wildman–Crippen MR) is 121 cm³/mol.